The molecule has 5 rings (SSSR count). The van der Waals surface area contributed by atoms with Crippen LogP contribution in [0.4, 0.5) is 18.9 Å². The van der Waals surface area contributed by atoms with Crippen molar-refractivity contribution in [2.24, 2.45) is 5.41 Å². The molecular formula is C24H22F3N3O. The Labute approximate surface area is 177 Å². The fourth-order valence-electron chi connectivity index (χ4n) is 5.56. The molecule has 1 N–H and O–H groups in total. The van der Waals surface area contributed by atoms with Crippen LogP contribution < -0.4 is 5.32 Å². The normalized spacial score (nSPS) is 26.1. The summed E-state index contributed by atoms with van der Waals surface area (Å²) >= 11 is 0. The van der Waals surface area contributed by atoms with E-state index < -0.39 is 22.6 Å². The van der Waals surface area contributed by atoms with Crippen LogP contribution in [0.1, 0.15) is 50.6 Å². The summed E-state index contributed by atoms with van der Waals surface area (Å²) in [6.07, 6.45) is -3.15. The molecular weight excluding hydrogens is 403 g/mol. The van der Waals surface area contributed by atoms with E-state index in [-0.39, 0.29) is 17.0 Å². The molecule has 0 spiro atoms. The van der Waals surface area contributed by atoms with E-state index in [0.29, 0.717) is 17.6 Å². The lowest BCUT2D eigenvalue weighted by atomic mass is 9.63. The van der Waals surface area contributed by atoms with Crippen LogP contribution in [0, 0.1) is 5.41 Å². The van der Waals surface area contributed by atoms with Gasteiger partial charge in [0.1, 0.15) is 0 Å². The first-order valence-electron chi connectivity index (χ1n) is 10.3. The molecule has 1 amide bonds. The number of rotatable bonds is 2. The number of carbonyl (C=O) groups excluding carboxylic acids is 1. The smallest absolute Gasteiger partial charge is 0.325 e. The van der Waals surface area contributed by atoms with Crippen molar-refractivity contribution in [3.63, 3.8) is 0 Å². The van der Waals surface area contributed by atoms with Gasteiger partial charge in [-0.25, -0.2) is 9.97 Å². The molecule has 7 heteroatoms. The minimum atomic E-state index is -4.48. The minimum Gasteiger partial charge on any atom is -0.325 e. The second-order valence-electron chi connectivity index (χ2n) is 9.30. The molecule has 31 heavy (non-hydrogen) atoms. The van der Waals surface area contributed by atoms with Gasteiger partial charge in [-0.3, -0.25) is 4.79 Å². The largest absolute Gasteiger partial charge is 0.416 e. The molecule has 0 radical (unpaired) electrons. The van der Waals surface area contributed by atoms with E-state index >= 15 is 0 Å². The second-order valence-corrected chi connectivity index (χ2v) is 9.30. The Balaban J connectivity index is 1.64. The molecule has 0 saturated heterocycles. The average Bonchev–Trinajstić information content (AvgIpc) is 3.01. The van der Waals surface area contributed by atoms with Crippen molar-refractivity contribution >= 4 is 22.6 Å². The highest BCUT2D eigenvalue weighted by molar-refractivity contribution is 6.02. The summed E-state index contributed by atoms with van der Waals surface area (Å²) in [7, 11) is 0. The summed E-state index contributed by atoms with van der Waals surface area (Å²) in [5, 5.41) is 2.77. The van der Waals surface area contributed by atoms with E-state index in [0.717, 1.165) is 29.8 Å². The third-order valence-electron chi connectivity index (χ3n) is 7.78. The first kappa shape index (κ1) is 20.0. The van der Waals surface area contributed by atoms with Gasteiger partial charge in [-0.2, -0.15) is 13.2 Å². The molecule has 2 aromatic carbocycles. The Kier molecular flexibility index (Phi) is 3.90. The molecule has 3 aromatic rings. The molecule has 2 aliphatic rings. The molecule has 1 aromatic heterocycles. The van der Waals surface area contributed by atoms with Crippen LogP contribution in [-0.4, -0.2) is 15.9 Å². The number of amides is 1. The topological polar surface area (TPSA) is 54.9 Å². The van der Waals surface area contributed by atoms with Crippen LogP contribution in [0.5, 0.6) is 0 Å². The van der Waals surface area contributed by atoms with Gasteiger partial charge in [0.25, 0.3) is 0 Å². The number of alkyl halides is 3. The van der Waals surface area contributed by atoms with E-state index in [1.54, 1.807) is 0 Å². The molecule has 2 bridgehead atoms. The van der Waals surface area contributed by atoms with Crippen LogP contribution in [-0.2, 0) is 21.8 Å². The highest BCUT2D eigenvalue weighted by Gasteiger charge is 2.73. The van der Waals surface area contributed by atoms with Crippen LogP contribution in [0.25, 0.3) is 11.0 Å². The number of benzene rings is 2. The van der Waals surface area contributed by atoms with Crippen LogP contribution in [0.3, 0.4) is 0 Å². The van der Waals surface area contributed by atoms with Gasteiger partial charge in [-0.1, -0.05) is 39.0 Å². The summed E-state index contributed by atoms with van der Waals surface area (Å²) in [6, 6.07) is 12.3. The van der Waals surface area contributed by atoms with E-state index in [1.165, 1.54) is 12.1 Å². The fraction of sp³-hybridized carbons (Fsp3) is 0.375. The van der Waals surface area contributed by atoms with E-state index in [4.69, 9.17) is 9.97 Å². The van der Waals surface area contributed by atoms with Crippen molar-refractivity contribution < 1.29 is 18.0 Å². The fourth-order valence-corrected chi connectivity index (χ4v) is 5.56. The lowest BCUT2D eigenvalue weighted by Crippen LogP contribution is -2.48. The number of nitrogens with zero attached hydrogens (tertiary/aromatic N) is 2. The number of nitrogens with one attached hydrogen (secondary N) is 1. The third kappa shape index (κ3) is 2.46. The Hall–Kier alpha value is -2.96. The standard InChI is InChI=1S/C24H22F3N3O/c1-21(2)22(3)11-12-23(21,19-18(22)29-16-9-4-5-10-17(16)30-19)20(31)28-15-8-6-7-14(13-15)24(25,26)27/h4-10,13H,11-12H2,1-3H3,(H,28,31)/t22-,23+/m1/s1. The van der Waals surface area contributed by atoms with Gasteiger partial charge in [0, 0.05) is 11.1 Å². The van der Waals surface area contributed by atoms with Gasteiger partial charge in [0.05, 0.1) is 33.4 Å². The van der Waals surface area contributed by atoms with Crippen molar-refractivity contribution in [2.45, 2.75) is 50.6 Å². The second kappa shape index (κ2) is 6.05. The zero-order valence-electron chi connectivity index (χ0n) is 17.5. The maximum Gasteiger partial charge on any atom is 0.416 e. The number of carbonyl (C=O) groups is 1. The summed E-state index contributed by atoms with van der Waals surface area (Å²) in [4.78, 5) is 23.5. The molecule has 0 unspecified atom stereocenters. The van der Waals surface area contributed by atoms with Gasteiger partial charge in [-0.05, 0) is 48.6 Å². The van der Waals surface area contributed by atoms with Gasteiger partial charge >= 0.3 is 6.18 Å². The van der Waals surface area contributed by atoms with E-state index in [1.807, 2.05) is 38.1 Å². The Morgan fingerprint density at radius 2 is 1.58 bits per heavy atom. The predicted molar refractivity (Wildman–Crippen MR) is 112 cm³/mol. The number of hydrogen-bond acceptors (Lipinski definition) is 3. The van der Waals surface area contributed by atoms with Gasteiger partial charge in [-0.15, -0.1) is 0 Å². The molecule has 160 valence electrons. The molecule has 1 heterocycles. The highest BCUT2D eigenvalue weighted by Crippen LogP contribution is 2.70. The lowest BCUT2D eigenvalue weighted by Gasteiger charge is -2.39. The summed E-state index contributed by atoms with van der Waals surface area (Å²) in [5.74, 6) is -0.330. The van der Waals surface area contributed by atoms with E-state index in [2.05, 4.69) is 12.2 Å². The number of aromatic nitrogens is 2. The number of anilines is 1. The predicted octanol–water partition coefficient (Wildman–Crippen LogP) is 5.62. The molecule has 2 aliphatic carbocycles. The number of halogens is 3. The van der Waals surface area contributed by atoms with Crippen LogP contribution >= 0.6 is 0 Å². The molecule has 1 fully saturated rings. The first-order valence-corrected chi connectivity index (χ1v) is 10.3. The summed E-state index contributed by atoms with van der Waals surface area (Å²) in [6.45, 7) is 6.20. The highest BCUT2D eigenvalue weighted by atomic mass is 19.4. The quantitative estimate of drug-likeness (QED) is 0.580. The van der Waals surface area contributed by atoms with E-state index in [9.17, 15) is 18.0 Å². The maximum absolute atomic E-state index is 13.8. The average molecular weight is 425 g/mol. The zero-order chi connectivity index (χ0) is 22.2. The van der Waals surface area contributed by atoms with Crippen LogP contribution in [0.15, 0.2) is 48.5 Å². The first-order chi connectivity index (χ1) is 14.5. The monoisotopic (exact) mass is 425 g/mol. The van der Waals surface area contributed by atoms with Crippen molar-refractivity contribution in [1.29, 1.82) is 0 Å². The SMILES string of the molecule is CC1(C)[C@]2(C)CC[C@@]1(C(=O)Nc1cccc(C(F)(F)F)c1)c1nc3ccccc3nc12. The zero-order valence-corrected chi connectivity index (χ0v) is 17.5. The summed E-state index contributed by atoms with van der Waals surface area (Å²) in [5.41, 5.74) is 0.449. The van der Waals surface area contributed by atoms with Crippen molar-refractivity contribution in [1.82, 2.24) is 9.97 Å². The summed E-state index contributed by atoms with van der Waals surface area (Å²) < 4.78 is 39.4. The molecule has 4 nitrogen and oxygen atoms in total. The van der Waals surface area contributed by atoms with Crippen molar-refractivity contribution in [3.8, 4) is 0 Å². The Bertz CT molecular complexity index is 1240. The van der Waals surface area contributed by atoms with Crippen LogP contribution in [0.2, 0.25) is 0 Å². The third-order valence-corrected chi connectivity index (χ3v) is 7.78. The Morgan fingerprint density at radius 3 is 2.23 bits per heavy atom. The maximum atomic E-state index is 13.8. The van der Waals surface area contributed by atoms with Gasteiger partial charge in [0.2, 0.25) is 5.91 Å². The van der Waals surface area contributed by atoms with Gasteiger partial charge < -0.3 is 5.32 Å². The lowest BCUT2D eigenvalue weighted by molar-refractivity contribution is -0.137. The number of fused-ring (bicyclic) bond motifs is 6. The molecule has 1 saturated carbocycles. The van der Waals surface area contributed by atoms with Gasteiger partial charge in [0.15, 0.2) is 0 Å². The molecule has 0 aliphatic heterocycles. The minimum absolute atomic E-state index is 0.126. The van der Waals surface area contributed by atoms with Crippen molar-refractivity contribution in [2.75, 3.05) is 5.32 Å². The Morgan fingerprint density at radius 1 is 0.935 bits per heavy atom. The number of hydrogen-bond donors (Lipinski definition) is 1. The van der Waals surface area contributed by atoms with Crippen molar-refractivity contribution in [3.05, 3.63) is 65.5 Å². The number of para-hydroxylation sites is 2. The molecule has 2 atom stereocenters.